The third-order valence-corrected chi connectivity index (χ3v) is 4.23. The number of carbonyl (C=O) groups excluding carboxylic acids is 1. The highest BCUT2D eigenvalue weighted by atomic mass is 16.5. The van der Waals surface area contributed by atoms with E-state index in [4.69, 9.17) is 9.47 Å². The molecule has 1 fully saturated rings. The summed E-state index contributed by atoms with van der Waals surface area (Å²) >= 11 is 0. The second-order valence-electron chi connectivity index (χ2n) is 6.29. The van der Waals surface area contributed by atoms with Gasteiger partial charge in [0.25, 0.3) is 0 Å². The number of nitrogens with one attached hydrogen (secondary N) is 1. The molecule has 0 saturated carbocycles. The van der Waals surface area contributed by atoms with Crippen LogP contribution in [0.3, 0.4) is 0 Å². The van der Waals surface area contributed by atoms with Crippen LogP contribution in [0.2, 0.25) is 0 Å². The lowest BCUT2D eigenvalue weighted by Gasteiger charge is -2.26. The van der Waals surface area contributed by atoms with E-state index in [0.29, 0.717) is 13.2 Å². The van der Waals surface area contributed by atoms with Crippen molar-refractivity contribution in [3.8, 4) is 0 Å². The molecule has 5 nitrogen and oxygen atoms in total. The Morgan fingerprint density at radius 3 is 2.58 bits per heavy atom. The van der Waals surface area contributed by atoms with Gasteiger partial charge in [0.05, 0.1) is 13.2 Å². The minimum absolute atomic E-state index is 0.0523. The minimum atomic E-state index is -0.392. The summed E-state index contributed by atoms with van der Waals surface area (Å²) in [5, 5.41) is 2.94. The molecule has 0 aliphatic carbocycles. The maximum atomic E-state index is 12.0. The molecule has 1 atom stereocenters. The van der Waals surface area contributed by atoms with Gasteiger partial charge in [0.15, 0.2) is 0 Å². The van der Waals surface area contributed by atoms with E-state index in [1.54, 1.807) is 6.92 Å². The summed E-state index contributed by atoms with van der Waals surface area (Å²) in [5.74, 6) is -0.0523. The predicted molar refractivity (Wildman–Crippen MR) is 94.7 cm³/mol. The van der Waals surface area contributed by atoms with Crippen molar-refractivity contribution in [3.05, 3.63) is 35.4 Å². The molecule has 1 heterocycles. The molecule has 1 saturated heterocycles. The average Bonchev–Trinajstić information content (AvgIpc) is 2.62. The fourth-order valence-corrected chi connectivity index (χ4v) is 2.59. The van der Waals surface area contributed by atoms with Crippen molar-refractivity contribution in [2.45, 2.75) is 45.9 Å². The topological polar surface area (TPSA) is 50.8 Å². The van der Waals surface area contributed by atoms with Gasteiger partial charge in [0.1, 0.15) is 6.10 Å². The average molecular weight is 334 g/mol. The van der Waals surface area contributed by atoms with Crippen molar-refractivity contribution >= 4 is 5.91 Å². The van der Waals surface area contributed by atoms with Crippen molar-refractivity contribution in [2.75, 3.05) is 32.9 Å². The molecule has 0 spiro atoms. The molecule has 0 radical (unpaired) electrons. The second-order valence-corrected chi connectivity index (χ2v) is 6.29. The Balaban J connectivity index is 1.71. The van der Waals surface area contributed by atoms with E-state index in [-0.39, 0.29) is 5.91 Å². The highest BCUT2D eigenvalue weighted by Crippen LogP contribution is 2.09. The van der Waals surface area contributed by atoms with Crippen LogP contribution in [0.25, 0.3) is 0 Å². The molecule has 24 heavy (non-hydrogen) atoms. The zero-order chi connectivity index (χ0) is 17.2. The lowest BCUT2D eigenvalue weighted by atomic mass is 10.1. The predicted octanol–water partition coefficient (Wildman–Crippen LogP) is 2.34. The van der Waals surface area contributed by atoms with Gasteiger partial charge in [-0.3, -0.25) is 9.69 Å². The standard InChI is InChI=1S/C19H30N2O3/c1-3-4-11-24-16(2)19(22)20-14-17-5-7-18(8-6-17)15-21-9-12-23-13-10-21/h5-8,16H,3-4,9-15H2,1-2H3,(H,20,22). The summed E-state index contributed by atoms with van der Waals surface area (Å²) in [6.45, 7) is 9.68. The van der Waals surface area contributed by atoms with Crippen LogP contribution in [-0.4, -0.2) is 49.8 Å². The molecule has 1 aromatic rings. The number of unbranched alkanes of at least 4 members (excludes halogenated alkanes) is 1. The number of morpholine rings is 1. The van der Waals surface area contributed by atoms with Crippen LogP contribution in [0.1, 0.15) is 37.8 Å². The van der Waals surface area contributed by atoms with Crippen LogP contribution >= 0.6 is 0 Å². The number of hydrogen-bond acceptors (Lipinski definition) is 4. The van der Waals surface area contributed by atoms with E-state index in [1.807, 2.05) is 0 Å². The maximum Gasteiger partial charge on any atom is 0.249 e. The molecule has 1 amide bonds. The first-order valence-electron chi connectivity index (χ1n) is 8.96. The lowest BCUT2D eigenvalue weighted by molar-refractivity contribution is -0.131. The van der Waals surface area contributed by atoms with Crippen molar-refractivity contribution in [1.29, 1.82) is 0 Å². The van der Waals surface area contributed by atoms with Gasteiger partial charge >= 0.3 is 0 Å². The van der Waals surface area contributed by atoms with Crippen LogP contribution in [0.5, 0.6) is 0 Å². The zero-order valence-corrected chi connectivity index (χ0v) is 14.9. The molecular weight excluding hydrogens is 304 g/mol. The summed E-state index contributed by atoms with van der Waals surface area (Å²) in [6, 6.07) is 8.44. The SMILES string of the molecule is CCCCOC(C)C(=O)NCc1ccc(CN2CCOCC2)cc1. The molecule has 2 rings (SSSR count). The fourth-order valence-electron chi connectivity index (χ4n) is 2.59. The quantitative estimate of drug-likeness (QED) is 0.704. The minimum Gasteiger partial charge on any atom is -0.379 e. The smallest absolute Gasteiger partial charge is 0.249 e. The Hall–Kier alpha value is -1.43. The number of benzene rings is 1. The van der Waals surface area contributed by atoms with E-state index in [2.05, 4.69) is 41.4 Å². The Morgan fingerprint density at radius 2 is 1.92 bits per heavy atom. The first-order valence-corrected chi connectivity index (χ1v) is 8.96. The highest BCUT2D eigenvalue weighted by molar-refractivity contribution is 5.80. The Morgan fingerprint density at radius 1 is 1.25 bits per heavy atom. The molecule has 134 valence electrons. The number of ether oxygens (including phenoxy) is 2. The molecule has 0 aromatic heterocycles. The lowest BCUT2D eigenvalue weighted by Crippen LogP contribution is -2.35. The van der Waals surface area contributed by atoms with E-state index < -0.39 is 6.10 Å². The Labute approximate surface area is 145 Å². The maximum absolute atomic E-state index is 12.0. The van der Waals surface area contributed by atoms with Crippen LogP contribution < -0.4 is 5.32 Å². The van der Waals surface area contributed by atoms with Crippen LogP contribution in [0.15, 0.2) is 24.3 Å². The number of rotatable bonds is 9. The first-order chi connectivity index (χ1) is 11.7. The second kappa shape index (κ2) is 10.4. The summed E-state index contributed by atoms with van der Waals surface area (Å²) in [7, 11) is 0. The molecule has 1 unspecified atom stereocenters. The fraction of sp³-hybridized carbons (Fsp3) is 0.632. The van der Waals surface area contributed by atoms with E-state index in [0.717, 1.165) is 51.3 Å². The zero-order valence-electron chi connectivity index (χ0n) is 14.9. The third-order valence-electron chi connectivity index (χ3n) is 4.23. The normalized spacial score (nSPS) is 16.8. The summed E-state index contributed by atoms with van der Waals surface area (Å²) in [5.41, 5.74) is 2.40. The van der Waals surface area contributed by atoms with E-state index in [9.17, 15) is 4.79 Å². The Kier molecular flexibility index (Phi) is 8.22. The van der Waals surface area contributed by atoms with Crippen molar-refractivity contribution < 1.29 is 14.3 Å². The largest absolute Gasteiger partial charge is 0.379 e. The number of hydrogen-bond donors (Lipinski definition) is 1. The van der Waals surface area contributed by atoms with Crippen molar-refractivity contribution in [1.82, 2.24) is 10.2 Å². The van der Waals surface area contributed by atoms with Crippen molar-refractivity contribution in [2.24, 2.45) is 0 Å². The van der Waals surface area contributed by atoms with Crippen molar-refractivity contribution in [3.63, 3.8) is 0 Å². The molecule has 1 aliphatic rings. The van der Waals surface area contributed by atoms with Gasteiger partial charge in [-0.1, -0.05) is 37.6 Å². The van der Waals surface area contributed by atoms with Gasteiger partial charge in [-0.25, -0.2) is 0 Å². The number of carbonyl (C=O) groups is 1. The van der Waals surface area contributed by atoms with E-state index in [1.165, 1.54) is 5.56 Å². The third kappa shape index (κ3) is 6.59. The number of amides is 1. The van der Waals surface area contributed by atoms with Gasteiger partial charge in [-0.2, -0.15) is 0 Å². The summed E-state index contributed by atoms with van der Waals surface area (Å²) in [4.78, 5) is 14.4. The van der Waals surface area contributed by atoms with Gasteiger partial charge in [-0.05, 0) is 24.5 Å². The van der Waals surface area contributed by atoms with E-state index >= 15 is 0 Å². The van der Waals surface area contributed by atoms with Gasteiger partial charge in [0, 0.05) is 32.8 Å². The highest BCUT2D eigenvalue weighted by Gasteiger charge is 2.13. The molecule has 0 bridgehead atoms. The number of nitrogens with zero attached hydrogens (tertiary/aromatic N) is 1. The van der Waals surface area contributed by atoms with Crippen LogP contribution in [0, 0.1) is 0 Å². The van der Waals surface area contributed by atoms with Crippen LogP contribution in [-0.2, 0) is 27.4 Å². The molecular formula is C19H30N2O3. The van der Waals surface area contributed by atoms with Crippen LogP contribution in [0.4, 0.5) is 0 Å². The monoisotopic (exact) mass is 334 g/mol. The Bertz CT molecular complexity index is 484. The summed E-state index contributed by atoms with van der Waals surface area (Å²) < 4.78 is 10.9. The van der Waals surface area contributed by atoms with Gasteiger partial charge in [0.2, 0.25) is 5.91 Å². The molecule has 5 heteroatoms. The summed E-state index contributed by atoms with van der Waals surface area (Å²) in [6.07, 6.45) is 1.67. The van der Waals surface area contributed by atoms with Gasteiger partial charge in [-0.15, -0.1) is 0 Å². The first kappa shape index (κ1) is 18.9. The molecule has 1 aromatic carbocycles. The van der Waals surface area contributed by atoms with Gasteiger partial charge < -0.3 is 14.8 Å². The molecule has 1 N–H and O–H groups in total. The molecule has 1 aliphatic heterocycles.